The van der Waals surface area contributed by atoms with E-state index < -0.39 is 5.97 Å². The average Bonchev–Trinajstić information content (AvgIpc) is 2.40. The van der Waals surface area contributed by atoms with Gasteiger partial charge < -0.3 is 15.2 Å². The van der Waals surface area contributed by atoms with Crippen LogP contribution in [-0.2, 0) is 4.74 Å². The molecule has 1 rings (SSSR count). The number of anilines is 1. The highest BCUT2D eigenvalue weighted by atomic mass is 16.5. The van der Waals surface area contributed by atoms with E-state index in [9.17, 15) is 4.79 Å². The zero-order valence-electron chi connectivity index (χ0n) is 11.6. The number of hydrogen-bond acceptors (Lipinski definition) is 5. The van der Waals surface area contributed by atoms with Gasteiger partial charge >= 0.3 is 5.97 Å². The third-order valence-corrected chi connectivity index (χ3v) is 2.60. The molecule has 5 nitrogen and oxygen atoms in total. The van der Waals surface area contributed by atoms with Crippen LogP contribution < -0.4 is 10.5 Å². The number of nitrogen functional groups attached to an aromatic ring is 1. The summed E-state index contributed by atoms with van der Waals surface area (Å²) in [6, 6.07) is 1.53. The van der Waals surface area contributed by atoms with Crippen LogP contribution in [0, 0.1) is 0 Å². The van der Waals surface area contributed by atoms with Crippen molar-refractivity contribution < 1.29 is 14.3 Å². The minimum atomic E-state index is -0.453. The summed E-state index contributed by atoms with van der Waals surface area (Å²) >= 11 is 0. The minimum Gasteiger partial charge on any atom is -0.477 e. The third kappa shape index (κ3) is 5.16. The summed E-state index contributed by atoms with van der Waals surface area (Å²) in [4.78, 5) is 15.8. The molecule has 0 fully saturated rings. The smallest absolute Gasteiger partial charge is 0.343 e. The van der Waals surface area contributed by atoms with Gasteiger partial charge in [-0.15, -0.1) is 0 Å². The maximum absolute atomic E-state index is 11.8. The number of carbonyl (C=O) groups is 1. The number of rotatable bonds is 8. The highest BCUT2D eigenvalue weighted by Crippen LogP contribution is 2.19. The highest BCUT2D eigenvalue weighted by Gasteiger charge is 2.15. The van der Waals surface area contributed by atoms with Gasteiger partial charge in [-0.05, 0) is 19.4 Å². The molecular weight excluding hydrogens is 244 g/mol. The highest BCUT2D eigenvalue weighted by molar-refractivity contribution is 5.92. The number of aromatic nitrogens is 1. The van der Waals surface area contributed by atoms with E-state index in [1.54, 1.807) is 6.92 Å². The lowest BCUT2D eigenvalue weighted by Crippen LogP contribution is -2.10. The summed E-state index contributed by atoms with van der Waals surface area (Å²) in [6.45, 7) is 4.76. The molecule has 0 aromatic carbocycles. The second-order valence-electron chi connectivity index (χ2n) is 4.25. The van der Waals surface area contributed by atoms with Gasteiger partial charge in [-0.1, -0.05) is 26.2 Å². The van der Waals surface area contributed by atoms with Gasteiger partial charge in [0.15, 0.2) is 0 Å². The van der Waals surface area contributed by atoms with E-state index >= 15 is 0 Å². The molecule has 0 saturated carbocycles. The number of carbonyl (C=O) groups excluding carboxylic acids is 1. The molecular formula is C14H22N2O3. The third-order valence-electron chi connectivity index (χ3n) is 2.60. The molecule has 1 aromatic rings. The standard InChI is InChI=1S/C14H22N2O3/c1-3-5-6-7-8-19-13-12(14(17)18-4-2)9-11(15)10-16-13/h9-10H,3-8,15H2,1-2H3. The quantitative estimate of drug-likeness (QED) is 0.578. The molecule has 19 heavy (non-hydrogen) atoms. The summed E-state index contributed by atoms with van der Waals surface area (Å²) in [6.07, 6.45) is 5.89. The molecule has 0 spiro atoms. The maximum atomic E-state index is 11.8. The van der Waals surface area contributed by atoms with Crippen LogP contribution in [-0.4, -0.2) is 24.2 Å². The number of ether oxygens (including phenoxy) is 2. The molecule has 0 saturated heterocycles. The van der Waals surface area contributed by atoms with Crippen molar-refractivity contribution >= 4 is 11.7 Å². The summed E-state index contributed by atoms with van der Waals surface area (Å²) in [7, 11) is 0. The number of nitrogens with two attached hydrogens (primary N) is 1. The van der Waals surface area contributed by atoms with E-state index in [2.05, 4.69) is 11.9 Å². The Bertz CT molecular complexity index is 408. The second-order valence-corrected chi connectivity index (χ2v) is 4.25. The van der Waals surface area contributed by atoms with Crippen molar-refractivity contribution in [2.75, 3.05) is 18.9 Å². The molecule has 0 amide bonds. The van der Waals surface area contributed by atoms with E-state index in [1.807, 2.05) is 0 Å². The van der Waals surface area contributed by atoms with Crippen LogP contribution >= 0.6 is 0 Å². The molecule has 2 N–H and O–H groups in total. The van der Waals surface area contributed by atoms with Crippen LogP contribution in [0.4, 0.5) is 5.69 Å². The Balaban J connectivity index is 2.63. The Morgan fingerprint density at radius 3 is 2.79 bits per heavy atom. The Hall–Kier alpha value is -1.78. The Morgan fingerprint density at radius 2 is 2.11 bits per heavy atom. The zero-order chi connectivity index (χ0) is 14.1. The van der Waals surface area contributed by atoms with Crippen LogP contribution in [0.5, 0.6) is 5.88 Å². The Labute approximate surface area is 114 Å². The normalized spacial score (nSPS) is 10.2. The lowest BCUT2D eigenvalue weighted by atomic mass is 10.2. The van der Waals surface area contributed by atoms with E-state index in [0.29, 0.717) is 24.8 Å². The van der Waals surface area contributed by atoms with Crippen LogP contribution in [0.2, 0.25) is 0 Å². The topological polar surface area (TPSA) is 74.4 Å². The van der Waals surface area contributed by atoms with Crippen molar-refractivity contribution in [1.82, 2.24) is 4.98 Å². The lowest BCUT2D eigenvalue weighted by molar-refractivity contribution is 0.0520. The predicted molar refractivity (Wildman–Crippen MR) is 74.2 cm³/mol. The summed E-state index contributed by atoms with van der Waals surface area (Å²) in [5.41, 5.74) is 6.34. The van der Waals surface area contributed by atoms with Crippen molar-refractivity contribution in [1.29, 1.82) is 0 Å². The first-order chi connectivity index (χ1) is 9.19. The number of unbranched alkanes of at least 4 members (excludes halogenated alkanes) is 3. The van der Waals surface area contributed by atoms with Crippen LogP contribution in [0.25, 0.3) is 0 Å². The van der Waals surface area contributed by atoms with Gasteiger partial charge in [-0.25, -0.2) is 9.78 Å². The molecule has 0 atom stereocenters. The monoisotopic (exact) mass is 266 g/mol. The maximum Gasteiger partial charge on any atom is 0.343 e. The molecule has 0 bridgehead atoms. The number of esters is 1. The molecule has 1 aromatic heterocycles. The lowest BCUT2D eigenvalue weighted by Gasteiger charge is -2.10. The van der Waals surface area contributed by atoms with Gasteiger partial charge in [-0.3, -0.25) is 0 Å². The first-order valence-electron chi connectivity index (χ1n) is 6.74. The largest absolute Gasteiger partial charge is 0.477 e. The van der Waals surface area contributed by atoms with Crippen molar-refractivity contribution in [2.24, 2.45) is 0 Å². The fraction of sp³-hybridized carbons (Fsp3) is 0.571. The van der Waals surface area contributed by atoms with E-state index in [1.165, 1.54) is 25.1 Å². The predicted octanol–water partition coefficient (Wildman–Crippen LogP) is 2.80. The number of nitrogens with zero attached hydrogens (tertiary/aromatic N) is 1. The number of pyridine rings is 1. The molecule has 5 heteroatoms. The fourth-order valence-corrected chi connectivity index (χ4v) is 1.64. The van der Waals surface area contributed by atoms with Gasteiger partial charge in [0.05, 0.1) is 25.1 Å². The zero-order valence-corrected chi connectivity index (χ0v) is 11.6. The van der Waals surface area contributed by atoms with Gasteiger partial charge in [0.25, 0.3) is 0 Å². The van der Waals surface area contributed by atoms with Gasteiger partial charge in [0, 0.05) is 0 Å². The average molecular weight is 266 g/mol. The van der Waals surface area contributed by atoms with E-state index in [0.717, 1.165) is 12.8 Å². The minimum absolute atomic E-state index is 0.289. The van der Waals surface area contributed by atoms with E-state index in [4.69, 9.17) is 15.2 Å². The van der Waals surface area contributed by atoms with Crippen molar-refractivity contribution in [3.05, 3.63) is 17.8 Å². The van der Waals surface area contributed by atoms with Crippen LogP contribution in [0.15, 0.2) is 12.3 Å². The van der Waals surface area contributed by atoms with Crippen molar-refractivity contribution in [2.45, 2.75) is 39.5 Å². The molecule has 0 radical (unpaired) electrons. The van der Waals surface area contributed by atoms with Crippen molar-refractivity contribution in [3.63, 3.8) is 0 Å². The van der Waals surface area contributed by atoms with Crippen LogP contribution in [0.1, 0.15) is 49.9 Å². The van der Waals surface area contributed by atoms with Crippen LogP contribution in [0.3, 0.4) is 0 Å². The SMILES string of the molecule is CCCCCCOc1ncc(N)cc1C(=O)OCC. The molecule has 0 aliphatic rings. The Morgan fingerprint density at radius 1 is 1.32 bits per heavy atom. The summed E-state index contributed by atoms with van der Waals surface area (Å²) < 4.78 is 10.5. The first kappa shape index (κ1) is 15.3. The number of hydrogen-bond donors (Lipinski definition) is 1. The second kappa shape index (κ2) is 8.34. The molecule has 0 unspecified atom stereocenters. The van der Waals surface area contributed by atoms with Gasteiger partial charge in [-0.2, -0.15) is 0 Å². The van der Waals surface area contributed by atoms with Crippen molar-refractivity contribution in [3.8, 4) is 5.88 Å². The molecule has 0 aliphatic carbocycles. The first-order valence-corrected chi connectivity index (χ1v) is 6.74. The summed E-state index contributed by atoms with van der Waals surface area (Å²) in [5.74, 6) is -0.157. The summed E-state index contributed by atoms with van der Waals surface area (Å²) in [5, 5.41) is 0. The fourth-order valence-electron chi connectivity index (χ4n) is 1.64. The Kier molecular flexibility index (Phi) is 6.71. The van der Waals surface area contributed by atoms with E-state index in [-0.39, 0.29) is 5.56 Å². The van der Waals surface area contributed by atoms with Gasteiger partial charge in [0.2, 0.25) is 5.88 Å². The molecule has 1 heterocycles. The molecule has 0 aliphatic heterocycles. The van der Waals surface area contributed by atoms with Gasteiger partial charge in [0.1, 0.15) is 5.56 Å². The molecule has 106 valence electrons.